The molecule has 0 aliphatic rings. The molecule has 0 unspecified atom stereocenters. The summed E-state index contributed by atoms with van der Waals surface area (Å²) in [7, 11) is -2.53. The largest absolute Gasteiger partial charge is 0.496 e. The second-order valence-corrected chi connectivity index (χ2v) is 9.86. The number of benzene rings is 2. The van der Waals surface area contributed by atoms with Gasteiger partial charge in [0.25, 0.3) is 15.9 Å². The molecule has 2 aromatic carbocycles. The molecule has 3 aromatic rings. The summed E-state index contributed by atoms with van der Waals surface area (Å²) < 4.78 is 33.8. The summed E-state index contributed by atoms with van der Waals surface area (Å²) >= 11 is 2.62. The Balaban J connectivity index is 1.74. The van der Waals surface area contributed by atoms with Crippen LogP contribution in [0.15, 0.2) is 57.8 Å². The fraction of sp³-hybridized carbons (Fsp3) is 0.211. The molecule has 8 nitrogen and oxygen atoms in total. The summed E-state index contributed by atoms with van der Waals surface area (Å²) in [6.45, 7) is 2.18. The monoisotopic (exact) mass is 464 g/mol. The number of hydrogen-bond acceptors (Lipinski definition) is 8. The first-order chi connectivity index (χ1) is 14.4. The van der Waals surface area contributed by atoms with Crippen molar-refractivity contribution in [3.8, 4) is 5.75 Å². The van der Waals surface area contributed by atoms with Crippen LogP contribution in [-0.2, 0) is 15.8 Å². The van der Waals surface area contributed by atoms with Crippen molar-refractivity contribution in [3.05, 3.63) is 59.7 Å². The molecule has 30 heavy (non-hydrogen) atoms. The number of anilines is 1. The van der Waals surface area contributed by atoms with Crippen molar-refractivity contribution in [1.29, 1.82) is 0 Å². The van der Waals surface area contributed by atoms with Crippen LogP contribution in [0.4, 0.5) is 5.13 Å². The molecule has 11 heteroatoms. The molecule has 0 radical (unpaired) electrons. The number of thioether (sulfide) groups is 1. The third kappa shape index (κ3) is 5.49. The van der Waals surface area contributed by atoms with E-state index in [4.69, 9.17) is 4.74 Å². The van der Waals surface area contributed by atoms with Crippen molar-refractivity contribution < 1.29 is 17.9 Å². The Morgan fingerprint density at radius 1 is 1.17 bits per heavy atom. The van der Waals surface area contributed by atoms with Crippen molar-refractivity contribution in [1.82, 2.24) is 15.5 Å². The highest BCUT2D eigenvalue weighted by Gasteiger charge is 2.21. The maximum absolute atomic E-state index is 12.8. The molecule has 0 bridgehead atoms. The van der Waals surface area contributed by atoms with E-state index in [1.807, 2.05) is 30.3 Å². The van der Waals surface area contributed by atoms with Crippen LogP contribution >= 0.6 is 23.1 Å². The average molecular weight is 465 g/mol. The van der Waals surface area contributed by atoms with Gasteiger partial charge in [-0.25, -0.2) is 8.42 Å². The van der Waals surface area contributed by atoms with Gasteiger partial charge in [0.2, 0.25) is 5.13 Å². The number of carbonyl (C=O) groups excluding carboxylic acids is 1. The number of ether oxygens (including phenoxy) is 1. The highest BCUT2D eigenvalue weighted by molar-refractivity contribution is 8.00. The van der Waals surface area contributed by atoms with E-state index >= 15 is 0 Å². The third-order valence-electron chi connectivity index (χ3n) is 3.90. The second kappa shape index (κ2) is 9.92. The van der Waals surface area contributed by atoms with Gasteiger partial charge in [-0.1, -0.05) is 53.4 Å². The lowest BCUT2D eigenvalue weighted by molar-refractivity contribution is 0.0952. The van der Waals surface area contributed by atoms with E-state index in [1.165, 1.54) is 37.1 Å². The Kier molecular flexibility index (Phi) is 7.29. The number of aromatic nitrogens is 2. The average Bonchev–Trinajstić information content (AvgIpc) is 3.19. The summed E-state index contributed by atoms with van der Waals surface area (Å²) in [6, 6.07) is 14.0. The molecule has 1 heterocycles. The molecular formula is C19H20N4O4S3. The van der Waals surface area contributed by atoms with Gasteiger partial charge in [-0.05, 0) is 30.7 Å². The highest BCUT2D eigenvalue weighted by Crippen LogP contribution is 2.30. The van der Waals surface area contributed by atoms with Crippen LogP contribution in [0.1, 0.15) is 22.8 Å². The molecule has 0 aliphatic heterocycles. The Morgan fingerprint density at radius 2 is 1.93 bits per heavy atom. The zero-order valence-corrected chi connectivity index (χ0v) is 18.7. The number of methoxy groups -OCH3 is 1. The molecule has 0 saturated heterocycles. The number of carbonyl (C=O) groups is 1. The molecule has 3 rings (SSSR count). The van der Waals surface area contributed by atoms with E-state index in [0.29, 0.717) is 16.6 Å². The minimum absolute atomic E-state index is 0.0711. The second-order valence-electron chi connectivity index (χ2n) is 5.97. The van der Waals surface area contributed by atoms with Crippen molar-refractivity contribution >= 4 is 44.2 Å². The number of sulfonamides is 1. The standard InChI is InChI=1S/C19H20N4O4S3/c1-3-20-17(24)15-11-14(9-10-16(15)27-2)30(25,26)23-18-21-22-19(29-18)28-12-13-7-5-4-6-8-13/h4-11H,3,12H2,1-2H3,(H,20,24)(H,21,23). The Hall–Kier alpha value is -2.63. The fourth-order valence-electron chi connectivity index (χ4n) is 2.49. The topological polar surface area (TPSA) is 110 Å². The summed E-state index contributed by atoms with van der Waals surface area (Å²) in [4.78, 5) is 12.2. The minimum atomic E-state index is -3.95. The zero-order chi connectivity index (χ0) is 21.6. The summed E-state index contributed by atoms with van der Waals surface area (Å²) in [5, 5.41) is 10.7. The van der Waals surface area contributed by atoms with Gasteiger partial charge in [-0.15, -0.1) is 10.2 Å². The summed E-state index contributed by atoms with van der Waals surface area (Å²) in [5.41, 5.74) is 1.27. The summed E-state index contributed by atoms with van der Waals surface area (Å²) in [5.74, 6) is 0.577. The van der Waals surface area contributed by atoms with E-state index in [9.17, 15) is 13.2 Å². The lowest BCUT2D eigenvalue weighted by Crippen LogP contribution is -2.24. The van der Waals surface area contributed by atoms with E-state index in [0.717, 1.165) is 16.9 Å². The molecule has 0 aliphatic carbocycles. The van der Waals surface area contributed by atoms with Gasteiger partial charge in [0.1, 0.15) is 5.75 Å². The number of nitrogens with one attached hydrogen (secondary N) is 2. The van der Waals surface area contributed by atoms with Crippen molar-refractivity contribution in [2.75, 3.05) is 18.4 Å². The van der Waals surface area contributed by atoms with E-state index in [1.54, 1.807) is 6.92 Å². The van der Waals surface area contributed by atoms with Crippen LogP contribution in [-0.4, -0.2) is 38.2 Å². The van der Waals surface area contributed by atoms with Crippen LogP contribution < -0.4 is 14.8 Å². The Morgan fingerprint density at radius 3 is 2.63 bits per heavy atom. The van der Waals surface area contributed by atoms with Gasteiger partial charge in [0, 0.05) is 12.3 Å². The van der Waals surface area contributed by atoms with Gasteiger partial charge in [-0.3, -0.25) is 9.52 Å². The molecule has 1 aromatic heterocycles. The Labute approximate surface area is 183 Å². The molecule has 158 valence electrons. The highest BCUT2D eigenvalue weighted by atomic mass is 32.2. The van der Waals surface area contributed by atoms with Crippen molar-refractivity contribution in [2.45, 2.75) is 21.9 Å². The maximum Gasteiger partial charge on any atom is 0.263 e. The summed E-state index contributed by atoms with van der Waals surface area (Å²) in [6.07, 6.45) is 0. The molecule has 2 N–H and O–H groups in total. The Bertz CT molecular complexity index is 1120. The van der Waals surface area contributed by atoms with Crippen LogP contribution in [0.2, 0.25) is 0 Å². The third-order valence-corrected chi connectivity index (χ3v) is 7.41. The van der Waals surface area contributed by atoms with Crippen LogP contribution in [0.25, 0.3) is 0 Å². The van der Waals surface area contributed by atoms with Gasteiger partial charge in [-0.2, -0.15) is 0 Å². The first kappa shape index (κ1) is 22.1. The predicted molar refractivity (Wildman–Crippen MR) is 118 cm³/mol. The number of hydrogen-bond donors (Lipinski definition) is 2. The molecule has 0 atom stereocenters. The normalized spacial score (nSPS) is 11.1. The SMILES string of the molecule is CCNC(=O)c1cc(S(=O)(=O)Nc2nnc(SCc3ccccc3)s2)ccc1OC. The minimum Gasteiger partial charge on any atom is -0.496 e. The first-order valence-electron chi connectivity index (χ1n) is 8.92. The number of nitrogens with zero attached hydrogens (tertiary/aromatic N) is 2. The smallest absolute Gasteiger partial charge is 0.263 e. The lowest BCUT2D eigenvalue weighted by Gasteiger charge is -2.11. The van der Waals surface area contributed by atoms with Gasteiger partial charge >= 0.3 is 0 Å². The lowest BCUT2D eigenvalue weighted by atomic mass is 10.2. The van der Waals surface area contributed by atoms with Crippen molar-refractivity contribution in [2.24, 2.45) is 0 Å². The quantitative estimate of drug-likeness (QED) is 0.467. The van der Waals surface area contributed by atoms with Crippen LogP contribution in [0.3, 0.4) is 0 Å². The van der Waals surface area contributed by atoms with E-state index in [-0.39, 0.29) is 21.3 Å². The van der Waals surface area contributed by atoms with Gasteiger partial charge in [0.15, 0.2) is 4.34 Å². The van der Waals surface area contributed by atoms with Crippen LogP contribution in [0.5, 0.6) is 5.75 Å². The van der Waals surface area contributed by atoms with Crippen LogP contribution in [0, 0.1) is 0 Å². The van der Waals surface area contributed by atoms with E-state index < -0.39 is 15.9 Å². The van der Waals surface area contributed by atoms with Crippen molar-refractivity contribution in [3.63, 3.8) is 0 Å². The van der Waals surface area contributed by atoms with Gasteiger partial charge < -0.3 is 10.1 Å². The predicted octanol–water partition coefficient (Wildman–Crippen LogP) is 3.39. The molecular weight excluding hydrogens is 444 g/mol. The van der Waals surface area contributed by atoms with E-state index in [2.05, 4.69) is 20.2 Å². The zero-order valence-electron chi connectivity index (χ0n) is 16.3. The first-order valence-corrected chi connectivity index (χ1v) is 12.2. The van der Waals surface area contributed by atoms with Gasteiger partial charge in [0.05, 0.1) is 17.6 Å². The molecule has 0 saturated carbocycles. The molecule has 1 amide bonds. The maximum atomic E-state index is 12.8. The molecule has 0 fully saturated rings. The number of rotatable bonds is 9. The number of amides is 1. The fourth-order valence-corrected chi connectivity index (χ4v) is 5.45. The molecule has 0 spiro atoms.